The Bertz CT molecular complexity index is 1150. The Labute approximate surface area is 221 Å². The molecule has 0 aliphatic heterocycles. The highest BCUT2D eigenvalue weighted by Crippen LogP contribution is 2.19. The molecule has 196 valence electrons. The van der Waals surface area contributed by atoms with E-state index in [1.54, 1.807) is 4.90 Å². The predicted octanol–water partition coefficient (Wildman–Crippen LogP) is 6.02. The molecule has 0 saturated heterocycles. The van der Waals surface area contributed by atoms with Gasteiger partial charge in [0, 0.05) is 24.9 Å². The zero-order valence-corrected chi connectivity index (χ0v) is 22.8. The first-order chi connectivity index (χ1) is 17.6. The lowest BCUT2D eigenvalue weighted by atomic mass is 9.99. The highest BCUT2D eigenvalue weighted by Gasteiger charge is 2.32. The van der Waals surface area contributed by atoms with Crippen LogP contribution in [0.4, 0.5) is 0 Å². The van der Waals surface area contributed by atoms with E-state index in [0.717, 1.165) is 22.4 Å². The van der Waals surface area contributed by atoms with Crippen molar-refractivity contribution in [2.45, 2.75) is 72.0 Å². The summed E-state index contributed by atoms with van der Waals surface area (Å²) in [7, 11) is 0. The van der Waals surface area contributed by atoms with Crippen molar-refractivity contribution in [1.82, 2.24) is 10.2 Å². The van der Waals surface area contributed by atoms with Crippen molar-refractivity contribution >= 4 is 11.8 Å². The Morgan fingerprint density at radius 2 is 1.54 bits per heavy atom. The van der Waals surface area contributed by atoms with Crippen molar-refractivity contribution < 1.29 is 14.3 Å². The van der Waals surface area contributed by atoms with Crippen molar-refractivity contribution in [2.75, 3.05) is 6.61 Å². The maximum atomic E-state index is 13.7. The van der Waals surface area contributed by atoms with Gasteiger partial charge in [0.1, 0.15) is 11.8 Å². The van der Waals surface area contributed by atoms with Gasteiger partial charge in [-0.25, -0.2) is 0 Å². The molecule has 0 bridgehead atoms. The minimum absolute atomic E-state index is 0.0549. The van der Waals surface area contributed by atoms with Gasteiger partial charge in [-0.2, -0.15) is 0 Å². The van der Waals surface area contributed by atoms with E-state index in [0.29, 0.717) is 32.4 Å². The summed E-state index contributed by atoms with van der Waals surface area (Å²) in [6.07, 6.45) is 1.31. The third-order valence-corrected chi connectivity index (χ3v) is 6.20. The van der Waals surface area contributed by atoms with E-state index in [-0.39, 0.29) is 11.8 Å². The van der Waals surface area contributed by atoms with E-state index in [4.69, 9.17) is 4.74 Å². The molecule has 1 unspecified atom stereocenters. The second kappa shape index (κ2) is 13.1. The fourth-order valence-electron chi connectivity index (χ4n) is 4.17. The number of amides is 2. The van der Waals surface area contributed by atoms with Gasteiger partial charge in [0.25, 0.3) is 0 Å². The van der Waals surface area contributed by atoms with Crippen LogP contribution in [0.5, 0.6) is 5.75 Å². The number of aryl methyl sites for hydroxylation is 2. The first-order valence-corrected chi connectivity index (χ1v) is 13.0. The summed E-state index contributed by atoms with van der Waals surface area (Å²) in [5.41, 5.74) is 3.91. The highest BCUT2D eigenvalue weighted by molar-refractivity contribution is 5.88. The summed E-state index contributed by atoms with van der Waals surface area (Å²) in [6.45, 7) is 10.8. The first kappa shape index (κ1) is 28.0. The molecule has 0 aromatic heterocycles. The third-order valence-electron chi connectivity index (χ3n) is 6.20. The minimum Gasteiger partial charge on any atom is -0.494 e. The number of ether oxygens (including phenoxy) is 1. The molecule has 3 aromatic carbocycles. The van der Waals surface area contributed by atoms with Crippen molar-refractivity contribution in [2.24, 2.45) is 0 Å². The molecule has 0 spiro atoms. The lowest BCUT2D eigenvalue weighted by Crippen LogP contribution is -2.54. The molecule has 0 aliphatic rings. The number of carbonyl (C=O) groups excluding carboxylic acids is 2. The molecule has 0 aliphatic carbocycles. The van der Waals surface area contributed by atoms with Gasteiger partial charge in [-0.3, -0.25) is 9.59 Å². The predicted molar refractivity (Wildman–Crippen MR) is 149 cm³/mol. The van der Waals surface area contributed by atoms with Crippen molar-refractivity contribution in [1.29, 1.82) is 0 Å². The van der Waals surface area contributed by atoms with E-state index < -0.39 is 11.6 Å². The average molecular weight is 501 g/mol. The molecule has 0 radical (unpaired) electrons. The molecule has 3 rings (SSSR count). The molecular formula is C32H40N2O3. The molecular weight excluding hydrogens is 460 g/mol. The number of benzene rings is 3. The Morgan fingerprint density at radius 3 is 2.19 bits per heavy atom. The minimum atomic E-state index is -0.633. The van der Waals surface area contributed by atoms with Crippen LogP contribution in [0.25, 0.3) is 0 Å². The van der Waals surface area contributed by atoms with E-state index in [1.807, 2.05) is 113 Å². The second-order valence-electron chi connectivity index (χ2n) is 10.7. The molecule has 0 saturated carbocycles. The summed E-state index contributed by atoms with van der Waals surface area (Å²) < 4.78 is 5.85. The monoisotopic (exact) mass is 500 g/mol. The summed E-state index contributed by atoms with van der Waals surface area (Å²) in [4.78, 5) is 29.1. The summed E-state index contributed by atoms with van der Waals surface area (Å²) in [5, 5.41) is 3.11. The van der Waals surface area contributed by atoms with E-state index in [2.05, 4.69) is 5.32 Å². The maximum Gasteiger partial charge on any atom is 0.243 e. The molecule has 0 heterocycles. The Kier molecular flexibility index (Phi) is 9.90. The number of hydrogen-bond acceptors (Lipinski definition) is 3. The van der Waals surface area contributed by atoms with Crippen molar-refractivity contribution in [3.8, 4) is 5.75 Å². The molecule has 1 N–H and O–H groups in total. The topological polar surface area (TPSA) is 58.6 Å². The van der Waals surface area contributed by atoms with Gasteiger partial charge in [-0.1, -0.05) is 72.3 Å². The largest absolute Gasteiger partial charge is 0.494 e. The van der Waals surface area contributed by atoms with Gasteiger partial charge < -0.3 is 15.0 Å². The summed E-state index contributed by atoms with van der Waals surface area (Å²) in [6, 6.07) is 25.2. The van der Waals surface area contributed by atoms with Gasteiger partial charge >= 0.3 is 0 Å². The summed E-state index contributed by atoms with van der Waals surface area (Å²) >= 11 is 0. The van der Waals surface area contributed by atoms with Crippen molar-refractivity contribution in [3.63, 3.8) is 0 Å². The molecule has 5 nitrogen and oxygen atoms in total. The standard InChI is InChI=1S/C32H40N2O3/c1-24-17-19-28(20-18-24)37-21-11-16-30(35)34(23-27-15-10-9-12-25(27)2)29(31(36)33-32(3,4)5)22-26-13-7-6-8-14-26/h6-10,12-15,17-20,29H,11,16,21-23H2,1-5H3,(H,33,36). The van der Waals surface area contributed by atoms with E-state index >= 15 is 0 Å². The molecule has 2 amide bonds. The number of nitrogens with zero attached hydrogens (tertiary/aromatic N) is 1. The SMILES string of the molecule is Cc1ccc(OCCCC(=O)N(Cc2ccccc2C)C(Cc2ccccc2)C(=O)NC(C)(C)C)cc1. The normalized spacial score (nSPS) is 12.0. The zero-order chi connectivity index (χ0) is 26.8. The number of nitrogens with one attached hydrogen (secondary N) is 1. The van der Waals surface area contributed by atoms with Gasteiger partial charge in [0.15, 0.2) is 0 Å². The van der Waals surface area contributed by atoms with Crippen LogP contribution in [0.15, 0.2) is 78.9 Å². The number of rotatable bonds is 11. The number of hydrogen-bond donors (Lipinski definition) is 1. The van der Waals surface area contributed by atoms with E-state index in [9.17, 15) is 9.59 Å². The van der Waals surface area contributed by atoms with Crippen LogP contribution in [0.2, 0.25) is 0 Å². The van der Waals surface area contributed by atoms with Crippen LogP contribution in [0, 0.1) is 13.8 Å². The highest BCUT2D eigenvalue weighted by atomic mass is 16.5. The first-order valence-electron chi connectivity index (χ1n) is 13.0. The lowest BCUT2D eigenvalue weighted by Gasteiger charge is -2.34. The molecule has 5 heteroatoms. The van der Waals surface area contributed by atoms with Crippen LogP contribution < -0.4 is 10.1 Å². The Hall–Kier alpha value is -3.60. The fourth-order valence-corrected chi connectivity index (χ4v) is 4.17. The lowest BCUT2D eigenvalue weighted by molar-refractivity contribution is -0.142. The van der Waals surface area contributed by atoms with Crippen LogP contribution in [-0.4, -0.2) is 34.9 Å². The molecule has 0 fully saturated rings. The molecule has 3 aromatic rings. The second-order valence-corrected chi connectivity index (χ2v) is 10.7. The Morgan fingerprint density at radius 1 is 0.892 bits per heavy atom. The molecule has 1 atom stereocenters. The van der Waals surface area contributed by atoms with Crippen LogP contribution >= 0.6 is 0 Å². The van der Waals surface area contributed by atoms with Crippen LogP contribution in [0.1, 0.15) is 55.9 Å². The zero-order valence-electron chi connectivity index (χ0n) is 22.8. The van der Waals surface area contributed by atoms with Gasteiger partial charge in [-0.15, -0.1) is 0 Å². The number of carbonyl (C=O) groups is 2. The van der Waals surface area contributed by atoms with Gasteiger partial charge in [0.2, 0.25) is 11.8 Å². The average Bonchev–Trinajstić information content (AvgIpc) is 2.85. The van der Waals surface area contributed by atoms with Crippen LogP contribution in [-0.2, 0) is 22.6 Å². The van der Waals surface area contributed by atoms with E-state index in [1.165, 1.54) is 5.56 Å². The third kappa shape index (κ3) is 9.09. The Balaban J connectivity index is 1.81. The van der Waals surface area contributed by atoms with Crippen molar-refractivity contribution in [3.05, 3.63) is 101 Å². The van der Waals surface area contributed by atoms with Gasteiger partial charge in [0.05, 0.1) is 6.61 Å². The fraction of sp³-hybridized carbons (Fsp3) is 0.375. The van der Waals surface area contributed by atoms with Gasteiger partial charge in [-0.05, 0) is 69.9 Å². The molecule has 37 heavy (non-hydrogen) atoms. The quantitative estimate of drug-likeness (QED) is 0.328. The smallest absolute Gasteiger partial charge is 0.243 e. The summed E-state index contributed by atoms with van der Waals surface area (Å²) in [5.74, 6) is 0.594. The maximum absolute atomic E-state index is 13.7. The van der Waals surface area contributed by atoms with Crippen LogP contribution in [0.3, 0.4) is 0 Å².